The van der Waals surface area contributed by atoms with E-state index in [1.165, 1.54) is 6.20 Å². The third-order valence-corrected chi connectivity index (χ3v) is 3.56. The summed E-state index contributed by atoms with van der Waals surface area (Å²) in [6.07, 6.45) is 4.27. The van der Waals surface area contributed by atoms with Crippen LogP contribution < -0.4 is 10.6 Å². The van der Waals surface area contributed by atoms with Gasteiger partial charge in [0.2, 0.25) is 0 Å². The van der Waals surface area contributed by atoms with Crippen LogP contribution >= 0.6 is 11.6 Å². The number of benzene rings is 1. The lowest BCUT2D eigenvalue weighted by Gasteiger charge is -2.11. The lowest BCUT2D eigenvalue weighted by Crippen LogP contribution is -2.17. The summed E-state index contributed by atoms with van der Waals surface area (Å²) in [5.74, 6) is -0.234. The zero-order valence-corrected chi connectivity index (χ0v) is 14.1. The van der Waals surface area contributed by atoms with Gasteiger partial charge in [-0.2, -0.15) is 0 Å². The van der Waals surface area contributed by atoms with Crippen LogP contribution in [0.4, 0.5) is 11.4 Å². The number of hydrogen-bond acceptors (Lipinski definition) is 4. The highest BCUT2D eigenvalue weighted by molar-refractivity contribution is 6.33. The molecule has 0 radical (unpaired) electrons. The molecule has 6 heteroatoms. The van der Waals surface area contributed by atoms with Crippen molar-refractivity contribution in [1.29, 1.82) is 0 Å². The van der Waals surface area contributed by atoms with Crippen molar-refractivity contribution in [1.82, 2.24) is 9.88 Å². The van der Waals surface area contributed by atoms with Crippen LogP contribution in [0.3, 0.4) is 0 Å². The van der Waals surface area contributed by atoms with Gasteiger partial charge in [-0.25, -0.2) is 0 Å². The molecule has 0 bridgehead atoms. The van der Waals surface area contributed by atoms with E-state index in [1.54, 1.807) is 24.4 Å². The first-order valence-corrected chi connectivity index (χ1v) is 7.83. The highest BCUT2D eigenvalue weighted by Gasteiger charge is 2.09. The number of halogens is 1. The maximum Gasteiger partial charge on any atom is 0.257 e. The lowest BCUT2D eigenvalue weighted by molar-refractivity contribution is 0.102. The molecule has 0 saturated carbocycles. The average Bonchev–Trinajstić information content (AvgIpc) is 2.54. The summed E-state index contributed by atoms with van der Waals surface area (Å²) in [6, 6.07) is 8.92. The van der Waals surface area contributed by atoms with Gasteiger partial charge in [-0.3, -0.25) is 9.78 Å². The Morgan fingerprint density at radius 3 is 2.78 bits per heavy atom. The minimum atomic E-state index is -0.234. The van der Waals surface area contributed by atoms with Crippen molar-refractivity contribution in [3.8, 4) is 0 Å². The predicted molar refractivity (Wildman–Crippen MR) is 95.3 cm³/mol. The normalized spacial score (nSPS) is 10.6. The maximum atomic E-state index is 12.3. The number of carbonyl (C=O) groups is 1. The zero-order valence-electron chi connectivity index (χ0n) is 13.3. The van der Waals surface area contributed by atoms with E-state index in [9.17, 15) is 4.79 Å². The van der Waals surface area contributed by atoms with Crippen LogP contribution in [0.1, 0.15) is 16.8 Å². The summed E-state index contributed by atoms with van der Waals surface area (Å²) in [4.78, 5) is 18.5. The number of para-hydroxylation sites is 1. The number of pyridine rings is 1. The SMILES string of the molecule is CN(C)CCCNc1cncc(C(=O)Nc2ccccc2Cl)c1. The first-order valence-electron chi connectivity index (χ1n) is 7.46. The van der Waals surface area contributed by atoms with Crippen LogP contribution in [0.5, 0.6) is 0 Å². The number of nitrogens with one attached hydrogen (secondary N) is 2. The Balaban J connectivity index is 1.96. The number of amides is 1. The number of anilines is 2. The molecular formula is C17H21ClN4O. The third kappa shape index (κ3) is 5.54. The van der Waals surface area contributed by atoms with Gasteiger partial charge in [-0.05, 0) is 45.3 Å². The van der Waals surface area contributed by atoms with Crippen LogP contribution in [0.25, 0.3) is 0 Å². The van der Waals surface area contributed by atoms with Crippen molar-refractivity contribution >= 4 is 28.9 Å². The summed E-state index contributed by atoms with van der Waals surface area (Å²) in [5, 5.41) is 6.57. The number of rotatable bonds is 7. The van der Waals surface area contributed by atoms with Crippen molar-refractivity contribution in [3.05, 3.63) is 53.3 Å². The first kappa shape index (κ1) is 17.2. The fraction of sp³-hybridized carbons (Fsp3) is 0.294. The second kappa shape index (κ2) is 8.50. The third-order valence-electron chi connectivity index (χ3n) is 3.23. The molecule has 5 nitrogen and oxygen atoms in total. The molecular weight excluding hydrogens is 312 g/mol. The molecule has 0 aliphatic carbocycles. The molecule has 0 fully saturated rings. The van der Waals surface area contributed by atoms with Crippen LogP contribution in [0, 0.1) is 0 Å². The molecule has 0 saturated heterocycles. The van der Waals surface area contributed by atoms with Gasteiger partial charge >= 0.3 is 0 Å². The van der Waals surface area contributed by atoms with E-state index in [0.29, 0.717) is 16.3 Å². The van der Waals surface area contributed by atoms with E-state index in [-0.39, 0.29) is 5.91 Å². The standard InChI is InChI=1S/C17H21ClN4O/c1-22(2)9-5-8-20-14-10-13(11-19-12-14)17(23)21-16-7-4-3-6-15(16)18/h3-4,6-7,10-12,20H,5,8-9H2,1-2H3,(H,21,23). The van der Waals surface area contributed by atoms with Crippen LogP contribution in [0.15, 0.2) is 42.7 Å². The highest BCUT2D eigenvalue weighted by Crippen LogP contribution is 2.21. The second-order valence-corrected chi connectivity index (χ2v) is 5.89. The van der Waals surface area contributed by atoms with Crippen molar-refractivity contribution in [3.63, 3.8) is 0 Å². The molecule has 1 heterocycles. The Bertz CT molecular complexity index is 661. The van der Waals surface area contributed by atoms with E-state index in [1.807, 2.05) is 26.2 Å². The fourth-order valence-corrected chi connectivity index (χ4v) is 2.23. The van der Waals surface area contributed by atoms with Crippen LogP contribution in [0.2, 0.25) is 5.02 Å². The summed E-state index contributed by atoms with van der Waals surface area (Å²) in [6.45, 7) is 1.84. The molecule has 2 aromatic rings. The summed E-state index contributed by atoms with van der Waals surface area (Å²) in [7, 11) is 4.09. The zero-order chi connectivity index (χ0) is 16.7. The van der Waals surface area contributed by atoms with E-state index in [2.05, 4.69) is 20.5 Å². The fourth-order valence-electron chi connectivity index (χ4n) is 2.05. The molecule has 0 spiro atoms. The monoisotopic (exact) mass is 332 g/mol. The Morgan fingerprint density at radius 1 is 1.26 bits per heavy atom. The van der Waals surface area contributed by atoms with E-state index in [4.69, 9.17) is 11.6 Å². The van der Waals surface area contributed by atoms with E-state index in [0.717, 1.165) is 25.2 Å². The largest absolute Gasteiger partial charge is 0.384 e. The van der Waals surface area contributed by atoms with Crippen LogP contribution in [-0.2, 0) is 0 Å². The first-order chi connectivity index (χ1) is 11.1. The number of nitrogens with zero attached hydrogens (tertiary/aromatic N) is 2. The smallest absolute Gasteiger partial charge is 0.257 e. The lowest BCUT2D eigenvalue weighted by atomic mass is 10.2. The van der Waals surface area contributed by atoms with Crippen LogP contribution in [-0.4, -0.2) is 43.0 Å². The van der Waals surface area contributed by atoms with Crippen molar-refractivity contribution < 1.29 is 4.79 Å². The van der Waals surface area contributed by atoms with Crippen molar-refractivity contribution in [2.45, 2.75) is 6.42 Å². The summed E-state index contributed by atoms with van der Waals surface area (Å²) in [5.41, 5.74) is 1.90. The molecule has 122 valence electrons. The second-order valence-electron chi connectivity index (χ2n) is 5.48. The van der Waals surface area contributed by atoms with Gasteiger partial charge in [0.05, 0.1) is 22.0 Å². The highest BCUT2D eigenvalue weighted by atomic mass is 35.5. The van der Waals surface area contributed by atoms with E-state index >= 15 is 0 Å². The molecule has 0 unspecified atom stereocenters. The molecule has 0 aliphatic heterocycles. The molecule has 1 aromatic carbocycles. The summed E-state index contributed by atoms with van der Waals surface area (Å²) < 4.78 is 0. The number of carbonyl (C=O) groups excluding carboxylic acids is 1. The number of aromatic nitrogens is 1. The Hall–Kier alpha value is -2.11. The number of hydrogen-bond donors (Lipinski definition) is 2. The van der Waals surface area contributed by atoms with Gasteiger partial charge in [-0.1, -0.05) is 23.7 Å². The maximum absolute atomic E-state index is 12.3. The van der Waals surface area contributed by atoms with Crippen molar-refractivity contribution in [2.75, 3.05) is 37.8 Å². The average molecular weight is 333 g/mol. The van der Waals surface area contributed by atoms with Crippen molar-refractivity contribution in [2.24, 2.45) is 0 Å². The topological polar surface area (TPSA) is 57.3 Å². The van der Waals surface area contributed by atoms with Gasteiger partial charge in [0, 0.05) is 18.9 Å². The van der Waals surface area contributed by atoms with Gasteiger partial charge in [-0.15, -0.1) is 0 Å². The minimum absolute atomic E-state index is 0.234. The molecule has 2 rings (SSSR count). The van der Waals surface area contributed by atoms with Gasteiger partial charge in [0.1, 0.15) is 0 Å². The molecule has 23 heavy (non-hydrogen) atoms. The van der Waals surface area contributed by atoms with Gasteiger partial charge in [0.25, 0.3) is 5.91 Å². The Morgan fingerprint density at radius 2 is 2.04 bits per heavy atom. The summed E-state index contributed by atoms with van der Waals surface area (Å²) >= 11 is 6.05. The van der Waals surface area contributed by atoms with Gasteiger partial charge in [0.15, 0.2) is 0 Å². The Labute approximate surface area is 141 Å². The quantitative estimate of drug-likeness (QED) is 0.763. The molecule has 0 aliphatic rings. The predicted octanol–water partition coefficient (Wildman–Crippen LogP) is 3.35. The molecule has 1 amide bonds. The minimum Gasteiger partial charge on any atom is -0.384 e. The molecule has 1 aromatic heterocycles. The molecule has 2 N–H and O–H groups in total. The van der Waals surface area contributed by atoms with E-state index < -0.39 is 0 Å². The Kier molecular flexibility index (Phi) is 6.38. The van der Waals surface area contributed by atoms with Gasteiger partial charge < -0.3 is 15.5 Å². The molecule has 0 atom stereocenters.